The van der Waals surface area contributed by atoms with Crippen molar-refractivity contribution in [1.29, 1.82) is 0 Å². The van der Waals surface area contributed by atoms with Crippen molar-refractivity contribution >= 4 is 5.69 Å². The van der Waals surface area contributed by atoms with Gasteiger partial charge in [0, 0.05) is 16.8 Å². The first-order valence-electron chi connectivity index (χ1n) is 6.59. The number of aliphatic hydroxyl groups is 1. The van der Waals surface area contributed by atoms with Gasteiger partial charge >= 0.3 is 0 Å². The molecule has 3 nitrogen and oxygen atoms in total. The molecule has 0 radical (unpaired) electrons. The van der Waals surface area contributed by atoms with Gasteiger partial charge in [0.2, 0.25) is 0 Å². The minimum atomic E-state index is -0.483. The van der Waals surface area contributed by atoms with Crippen molar-refractivity contribution in [3.8, 4) is 0 Å². The Hall–Kier alpha value is -1.74. The quantitative estimate of drug-likeness (QED) is 0.868. The summed E-state index contributed by atoms with van der Waals surface area (Å²) in [7, 11) is 0. The van der Waals surface area contributed by atoms with E-state index in [2.05, 4.69) is 18.3 Å². The van der Waals surface area contributed by atoms with Gasteiger partial charge in [-0.05, 0) is 39.8 Å². The van der Waals surface area contributed by atoms with E-state index in [4.69, 9.17) is 4.42 Å². The minimum absolute atomic E-state index is 0.136. The molecule has 1 aromatic carbocycles. The molecule has 0 aliphatic rings. The normalized spacial score (nSPS) is 14.2. The third kappa shape index (κ3) is 2.99. The molecule has 2 atom stereocenters. The lowest BCUT2D eigenvalue weighted by Gasteiger charge is -2.19. The van der Waals surface area contributed by atoms with Crippen LogP contribution in [0.3, 0.4) is 0 Å². The number of benzene rings is 1. The first-order chi connectivity index (χ1) is 8.99. The Labute approximate surface area is 114 Å². The second kappa shape index (κ2) is 5.49. The van der Waals surface area contributed by atoms with Crippen LogP contribution >= 0.6 is 0 Å². The summed E-state index contributed by atoms with van der Waals surface area (Å²) in [5.41, 5.74) is 3.02. The molecule has 0 fully saturated rings. The molecule has 0 bridgehead atoms. The van der Waals surface area contributed by atoms with Crippen LogP contribution in [0.15, 0.2) is 34.7 Å². The Morgan fingerprint density at radius 1 is 1.11 bits per heavy atom. The van der Waals surface area contributed by atoms with Gasteiger partial charge in [-0.1, -0.05) is 18.2 Å². The van der Waals surface area contributed by atoms with Gasteiger partial charge in [0.15, 0.2) is 0 Å². The first-order valence-corrected chi connectivity index (χ1v) is 6.59. The maximum Gasteiger partial charge on any atom is 0.106 e. The Kier molecular flexibility index (Phi) is 3.96. The highest BCUT2D eigenvalue weighted by molar-refractivity contribution is 5.53. The van der Waals surface area contributed by atoms with Crippen molar-refractivity contribution in [2.75, 3.05) is 5.32 Å². The summed E-state index contributed by atoms with van der Waals surface area (Å²) in [6.07, 6.45) is -0.483. The van der Waals surface area contributed by atoms with Gasteiger partial charge in [-0.2, -0.15) is 0 Å². The highest BCUT2D eigenvalue weighted by atomic mass is 16.3. The number of para-hydroxylation sites is 1. The van der Waals surface area contributed by atoms with E-state index in [1.54, 1.807) is 6.92 Å². The highest BCUT2D eigenvalue weighted by Crippen LogP contribution is 2.28. The number of anilines is 1. The van der Waals surface area contributed by atoms with Crippen molar-refractivity contribution in [3.63, 3.8) is 0 Å². The number of rotatable bonds is 4. The zero-order valence-electron chi connectivity index (χ0n) is 11.9. The molecule has 0 aliphatic carbocycles. The Bertz CT molecular complexity index is 558. The smallest absolute Gasteiger partial charge is 0.106 e. The predicted molar refractivity (Wildman–Crippen MR) is 77.3 cm³/mol. The van der Waals surface area contributed by atoms with Gasteiger partial charge in [0.05, 0.1) is 12.1 Å². The highest BCUT2D eigenvalue weighted by Gasteiger charge is 2.15. The first kappa shape index (κ1) is 13.7. The maximum absolute atomic E-state index is 9.79. The molecule has 2 rings (SSSR count). The van der Waals surface area contributed by atoms with Gasteiger partial charge in [-0.3, -0.25) is 0 Å². The molecular weight excluding hydrogens is 238 g/mol. The van der Waals surface area contributed by atoms with Crippen LogP contribution in [0.5, 0.6) is 0 Å². The molecule has 0 amide bonds. The third-order valence-corrected chi connectivity index (χ3v) is 3.33. The largest absolute Gasteiger partial charge is 0.466 e. The molecule has 1 aromatic heterocycles. The van der Waals surface area contributed by atoms with Crippen LogP contribution in [0, 0.1) is 13.8 Å². The van der Waals surface area contributed by atoms with Gasteiger partial charge < -0.3 is 14.8 Å². The van der Waals surface area contributed by atoms with Crippen molar-refractivity contribution in [2.24, 2.45) is 0 Å². The van der Waals surface area contributed by atoms with Gasteiger partial charge in [-0.25, -0.2) is 0 Å². The van der Waals surface area contributed by atoms with Crippen molar-refractivity contribution in [2.45, 2.75) is 39.8 Å². The fraction of sp³-hybridized carbons (Fsp3) is 0.375. The van der Waals surface area contributed by atoms with E-state index < -0.39 is 6.10 Å². The van der Waals surface area contributed by atoms with E-state index in [1.807, 2.05) is 38.1 Å². The summed E-state index contributed by atoms with van der Waals surface area (Å²) in [6.45, 7) is 7.79. The lowest BCUT2D eigenvalue weighted by atomic mass is 10.1. The van der Waals surface area contributed by atoms with E-state index >= 15 is 0 Å². The molecule has 102 valence electrons. The fourth-order valence-corrected chi connectivity index (χ4v) is 2.38. The summed E-state index contributed by atoms with van der Waals surface area (Å²) >= 11 is 0. The average Bonchev–Trinajstić information content (AvgIpc) is 2.69. The van der Waals surface area contributed by atoms with Crippen LogP contribution in [0.1, 0.15) is 48.6 Å². The number of nitrogens with one attached hydrogen (secondary N) is 1. The molecule has 0 aliphatic heterocycles. The Morgan fingerprint density at radius 2 is 1.79 bits per heavy atom. The maximum atomic E-state index is 9.79. The van der Waals surface area contributed by atoms with Gasteiger partial charge in [-0.15, -0.1) is 0 Å². The summed E-state index contributed by atoms with van der Waals surface area (Å²) < 4.78 is 5.56. The second-order valence-electron chi connectivity index (χ2n) is 5.00. The second-order valence-corrected chi connectivity index (χ2v) is 5.00. The minimum Gasteiger partial charge on any atom is -0.466 e. The number of aryl methyl sites for hydroxylation is 2. The van der Waals surface area contributed by atoms with Crippen molar-refractivity contribution < 1.29 is 9.52 Å². The van der Waals surface area contributed by atoms with Crippen LogP contribution in [-0.4, -0.2) is 5.11 Å². The molecule has 19 heavy (non-hydrogen) atoms. The summed E-state index contributed by atoms with van der Waals surface area (Å²) in [4.78, 5) is 0. The molecule has 2 N–H and O–H groups in total. The van der Waals surface area contributed by atoms with E-state index in [1.165, 1.54) is 0 Å². The predicted octanol–water partition coefficient (Wildman–Crippen LogP) is 4.12. The zero-order chi connectivity index (χ0) is 14.0. The molecule has 2 aromatic rings. The molecular formula is C16H21NO2. The lowest BCUT2D eigenvalue weighted by molar-refractivity contribution is 0.200. The van der Waals surface area contributed by atoms with Gasteiger partial charge in [0.1, 0.15) is 11.5 Å². The molecule has 0 spiro atoms. The Morgan fingerprint density at radius 3 is 2.37 bits per heavy atom. The number of hydrogen-bond donors (Lipinski definition) is 2. The number of aliphatic hydroxyl groups excluding tert-OH is 1. The van der Waals surface area contributed by atoms with Crippen LogP contribution in [0.4, 0.5) is 5.69 Å². The van der Waals surface area contributed by atoms with Crippen molar-refractivity contribution in [1.82, 2.24) is 0 Å². The molecule has 2 unspecified atom stereocenters. The van der Waals surface area contributed by atoms with Crippen molar-refractivity contribution in [3.05, 3.63) is 53.0 Å². The summed E-state index contributed by atoms with van der Waals surface area (Å²) in [5, 5.41) is 13.2. The van der Waals surface area contributed by atoms with Crippen LogP contribution in [0.2, 0.25) is 0 Å². The summed E-state index contributed by atoms with van der Waals surface area (Å²) in [6, 6.07) is 10.0. The number of furan rings is 1. The lowest BCUT2D eigenvalue weighted by Crippen LogP contribution is -2.09. The van der Waals surface area contributed by atoms with E-state index in [0.717, 1.165) is 28.3 Å². The zero-order valence-corrected chi connectivity index (χ0v) is 11.9. The van der Waals surface area contributed by atoms with Crippen LogP contribution in [0.25, 0.3) is 0 Å². The molecule has 1 heterocycles. The fourth-order valence-electron chi connectivity index (χ4n) is 2.38. The number of hydrogen-bond acceptors (Lipinski definition) is 3. The Balaban J connectivity index is 2.24. The summed E-state index contributed by atoms with van der Waals surface area (Å²) in [5.74, 6) is 1.86. The standard InChI is InChI=1S/C16H21NO2/c1-10-9-15(13(4)19-10)11(2)17-16-8-6-5-7-14(16)12(3)18/h5-9,11-12,17-18H,1-4H3. The SMILES string of the molecule is Cc1cc(C(C)Nc2ccccc2C(C)O)c(C)o1. The monoisotopic (exact) mass is 259 g/mol. The van der Waals surface area contributed by atoms with Gasteiger partial charge in [0.25, 0.3) is 0 Å². The van der Waals surface area contributed by atoms with E-state index in [9.17, 15) is 5.11 Å². The topological polar surface area (TPSA) is 45.4 Å². The van der Waals surface area contributed by atoms with Crippen LogP contribution < -0.4 is 5.32 Å². The molecule has 0 saturated heterocycles. The molecule has 0 saturated carbocycles. The average molecular weight is 259 g/mol. The molecule has 3 heteroatoms. The van der Waals surface area contributed by atoms with E-state index in [0.29, 0.717) is 0 Å². The third-order valence-electron chi connectivity index (χ3n) is 3.33. The van der Waals surface area contributed by atoms with Crippen LogP contribution in [-0.2, 0) is 0 Å². The van der Waals surface area contributed by atoms with E-state index in [-0.39, 0.29) is 6.04 Å².